The van der Waals surface area contributed by atoms with E-state index in [0.717, 1.165) is 6.42 Å². The standard InChI is InChI=1S/C6H15N3O/c1-9(4-2-3-7)6(10)5-8/h2-5,7-8H2,1H3. The molecule has 0 aromatic rings. The average Bonchev–Trinajstić information content (AvgIpc) is 1.98. The van der Waals surface area contributed by atoms with Crippen LogP contribution < -0.4 is 11.5 Å². The third-order valence-corrected chi connectivity index (χ3v) is 1.30. The Bertz CT molecular complexity index is 105. The topological polar surface area (TPSA) is 72.3 Å². The minimum absolute atomic E-state index is 0.0338. The normalized spacial score (nSPS) is 9.50. The van der Waals surface area contributed by atoms with E-state index in [4.69, 9.17) is 11.5 Å². The molecule has 0 aromatic heterocycles. The first-order valence-electron chi connectivity index (χ1n) is 3.36. The van der Waals surface area contributed by atoms with E-state index in [1.807, 2.05) is 0 Å². The summed E-state index contributed by atoms with van der Waals surface area (Å²) in [5.41, 5.74) is 10.4. The van der Waals surface area contributed by atoms with Gasteiger partial charge in [0.15, 0.2) is 0 Å². The molecule has 4 nitrogen and oxygen atoms in total. The summed E-state index contributed by atoms with van der Waals surface area (Å²) in [5, 5.41) is 0. The number of amides is 1. The second-order valence-corrected chi connectivity index (χ2v) is 2.16. The van der Waals surface area contributed by atoms with Crippen molar-refractivity contribution in [2.75, 3.05) is 26.7 Å². The Kier molecular flexibility index (Phi) is 4.88. The molecule has 0 atom stereocenters. The molecule has 0 heterocycles. The highest BCUT2D eigenvalue weighted by Gasteiger charge is 2.03. The predicted molar refractivity (Wildman–Crippen MR) is 40.4 cm³/mol. The molecule has 0 aliphatic heterocycles. The number of carbonyl (C=O) groups is 1. The molecule has 0 spiro atoms. The lowest BCUT2D eigenvalue weighted by Gasteiger charge is -2.14. The van der Waals surface area contributed by atoms with Crippen molar-refractivity contribution in [2.24, 2.45) is 11.5 Å². The van der Waals surface area contributed by atoms with Crippen molar-refractivity contribution in [1.82, 2.24) is 4.90 Å². The van der Waals surface area contributed by atoms with Crippen LogP contribution in [-0.2, 0) is 4.79 Å². The highest BCUT2D eigenvalue weighted by Crippen LogP contribution is 1.84. The summed E-state index contributed by atoms with van der Waals surface area (Å²) in [7, 11) is 1.73. The fraction of sp³-hybridized carbons (Fsp3) is 0.833. The minimum atomic E-state index is -0.0338. The van der Waals surface area contributed by atoms with E-state index in [2.05, 4.69) is 0 Å². The van der Waals surface area contributed by atoms with E-state index in [0.29, 0.717) is 13.1 Å². The van der Waals surface area contributed by atoms with Gasteiger partial charge in [-0.05, 0) is 13.0 Å². The summed E-state index contributed by atoms with van der Waals surface area (Å²) >= 11 is 0. The van der Waals surface area contributed by atoms with Crippen LogP contribution in [0.2, 0.25) is 0 Å². The molecule has 0 saturated carbocycles. The summed E-state index contributed by atoms with van der Waals surface area (Å²) in [6.45, 7) is 1.40. The van der Waals surface area contributed by atoms with Crippen LogP contribution in [0.3, 0.4) is 0 Å². The van der Waals surface area contributed by atoms with E-state index in [1.54, 1.807) is 11.9 Å². The Morgan fingerprint density at radius 2 is 2.10 bits per heavy atom. The van der Waals surface area contributed by atoms with Gasteiger partial charge in [0.1, 0.15) is 0 Å². The van der Waals surface area contributed by atoms with Gasteiger partial charge in [-0.2, -0.15) is 0 Å². The zero-order valence-corrected chi connectivity index (χ0v) is 6.34. The maximum atomic E-state index is 10.8. The Balaban J connectivity index is 3.41. The fourth-order valence-corrected chi connectivity index (χ4v) is 0.609. The Hall–Kier alpha value is -0.610. The van der Waals surface area contributed by atoms with Gasteiger partial charge in [0.05, 0.1) is 6.54 Å². The van der Waals surface area contributed by atoms with E-state index in [-0.39, 0.29) is 12.5 Å². The molecule has 0 aliphatic rings. The van der Waals surface area contributed by atoms with Crippen molar-refractivity contribution >= 4 is 5.91 Å². The number of nitrogens with zero attached hydrogens (tertiary/aromatic N) is 1. The Morgan fingerprint density at radius 3 is 2.50 bits per heavy atom. The molecule has 4 N–H and O–H groups in total. The predicted octanol–water partition coefficient (Wildman–Crippen LogP) is -1.25. The molecular formula is C6H15N3O. The second kappa shape index (κ2) is 5.20. The smallest absolute Gasteiger partial charge is 0.236 e. The van der Waals surface area contributed by atoms with E-state index >= 15 is 0 Å². The number of likely N-dealkylation sites (N-methyl/N-ethyl adjacent to an activating group) is 1. The van der Waals surface area contributed by atoms with Crippen molar-refractivity contribution < 1.29 is 4.79 Å². The third kappa shape index (κ3) is 3.42. The molecule has 1 amide bonds. The second-order valence-electron chi connectivity index (χ2n) is 2.16. The molecule has 60 valence electrons. The first-order chi connectivity index (χ1) is 4.72. The van der Waals surface area contributed by atoms with Crippen LogP contribution in [0.1, 0.15) is 6.42 Å². The van der Waals surface area contributed by atoms with Crippen molar-refractivity contribution in [1.29, 1.82) is 0 Å². The molecule has 0 unspecified atom stereocenters. The van der Waals surface area contributed by atoms with E-state index in [1.165, 1.54) is 0 Å². The Labute approximate surface area is 61.2 Å². The van der Waals surface area contributed by atoms with Crippen molar-refractivity contribution in [2.45, 2.75) is 6.42 Å². The zero-order chi connectivity index (χ0) is 7.98. The van der Waals surface area contributed by atoms with Gasteiger partial charge in [0.2, 0.25) is 5.91 Å². The van der Waals surface area contributed by atoms with Crippen LogP contribution in [0.15, 0.2) is 0 Å². The molecule has 4 heteroatoms. The van der Waals surface area contributed by atoms with Crippen molar-refractivity contribution in [3.8, 4) is 0 Å². The lowest BCUT2D eigenvalue weighted by Crippen LogP contribution is -2.34. The van der Waals surface area contributed by atoms with Crippen LogP contribution >= 0.6 is 0 Å². The third-order valence-electron chi connectivity index (χ3n) is 1.30. The largest absolute Gasteiger partial charge is 0.345 e. The molecule has 0 aliphatic carbocycles. The molecular weight excluding hydrogens is 130 g/mol. The molecule has 0 fully saturated rings. The summed E-state index contributed by atoms with van der Waals surface area (Å²) in [6.07, 6.45) is 0.836. The van der Waals surface area contributed by atoms with Gasteiger partial charge in [0, 0.05) is 13.6 Å². The molecule has 0 bridgehead atoms. The number of rotatable bonds is 4. The van der Waals surface area contributed by atoms with Gasteiger partial charge in [-0.3, -0.25) is 4.79 Å². The van der Waals surface area contributed by atoms with E-state index in [9.17, 15) is 4.79 Å². The van der Waals surface area contributed by atoms with E-state index < -0.39 is 0 Å². The summed E-state index contributed by atoms with van der Waals surface area (Å²) in [5.74, 6) is -0.0338. The fourth-order valence-electron chi connectivity index (χ4n) is 0.609. The van der Waals surface area contributed by atoms with Gasteiger partial charge < -0.3 is 16.4 Å². The highest BCUT2D eigenvalue weighted by atomic mass is 16.2. The monoisotopic (exact) mass is 145 g/mol. The van der Waals surface area contributed by atoms with Gasteiger partial charge in [-0.1, -0.05) is 0 Å². The molecule has 10 heavy (non-hydrogen) atoms. The van der Waals surface area contributed by atoms with Crippen LogP contribution in [0, 0.1) is 0 Å². The van der Waals surface area contributed by atoms with Crippen LogP contribution in [0.5, 0.6) is 0 Å². The van der Waals surface area contributed by atoms with Crippen molar-refractivity contribution in [3.63, 3.8) is 0 Å². The summed E-state index contributed by atoms with van der Waals surface area (Å²) in [6, 6.07) is 0. The first-order valence-corrected chi connectivity index (χ1v) is 3.36. The SMILES string of the molecule is CN(CCCN)C(=O)CN. The number of hydrogen-bond donors (Lipinski definition) is 2. The first kappa shape index (κ1) is 9.39. The van der Waals surface area contributed by atoms with Crippen LogP contribution in [0.25, 0.3) is 0 Å². The highest BCUT2D eigenvalue weighted by molar-refractivity contribution is 5.77. The molecule has 0 saturated heterocycles. The zero-order valence-electron chi connectivity index (χ0n) is 6.34. The molecule has 0 radical (unpaired) electrons. The van der Waals surface area contributed by atoms with Gasteiger partial charge in [-0.15, -0.1) is 0 Å². The lowest BCUT2D eigenvalue weighted by molar-refractivity contribution is -0.128. The number of carbonyl (C=O) groups excluding carboxylic acids is 1. The van der Waals surface area contributed by atoms with Gasteiger partial charge in [0.25, 0.3) is 0 Å². The quantitative estimate of drug-likeness (QED) is 0.519. The summed E-state index contributed by atoms with van der Waals surface area (Å²) in [4.78, 5) is 12.4. The molecule has 0 aromatic carbocycles. The molecule has 0 rings (SSSR count). The minimum Gasteiger partial charge on any atom is -0.345 e. The maximum Gasteiger partial charge on any atom is 0.236 e. The van der Waals surface area contributed by atoms with Crippen molar-refractivity contribution in [3.05, 3.63) is 0 Å². The van der Waals surface area contributed by atoms with Crippen LogP contribution in [-0.4, -0.2) is 37.5 Å². The lowest BCUT2D eigenvalue weighted by atomic mass is 10.4. The average molecular weight is 145 g/mol. The maximum absolute atomic E-state index is 10.8. The van der Waals surface area contributed by atoms with Crippen LogP contribution in [0.4, 0.5) is 0 Å². The number of nitrogens with two attached hydrogens (primary N) is 2. The Morgan fingerprint density at radius 1 is 1.50 bits per heavy atom. The summed E-state index contributed by atoms with van der Waals surface area (Å²) < 4.78 is 0. The van der Waals surface area contributed by atoms with Gasteiger partial charge >= 0.3 is 0 Å². The number of hydrogen-bond acceptors (Lipinski definition) is 3. The van der Waals surface area contributed by atoms with Gasteiger partial charge in [-0.25, -0.2) is 0 Å².